The minimum atomic E-state index is -0.553. The van der Waals surface area contributed by atoms with Gasteiger partial charge in [0.15, 0.2) is 0 Å². The Hall–Kier alpha value is -2.60. The van der Waals surface area contributed by atoms with Crippen LogP contribution in [0.2, 0.25) is 5.02 Å². The molecule has 23 heavy (non-hydrogen) atoms. The molecular formula is C16H14ClNO5. The zero-order chi connectivity index (χ0) is 16.8. The van der Waals surface area contributed by atoms with Crippen LogP contribution in [0.4, 0.5) is 5.69 Å². The van der Waals surface area contributed by atoms with Crippen LogP contribution < -0.4 is 4.74 Å². The molecule has 0 amide bonds. The van der Waals surface area contributed by atoms with Gasteiger partial charge in [0.1, 0.15) is 19.0 Å². The van der Waals surface area contributed by atoms with Gasteiger partial charge in [-0.25, -0.2) is 4.79 Å². The highest BCUT2D eigenvalue weighted by Gasteiger charge is 2.14. The van der Waals surface area contributed by atoms with E-state index in [0.717, 1.165) is 0 Å². The Morgan fingerprint density at radius 1 is 1.17 bits per heavy atom. The molecular weight excluding hydrogens is 322 g/mol. The van der Waals surface area contributed by atoms with Crippen molar-refractivity contribution in [3.8, 4) is 5.75 Å². The molecule has 2 aromatic rings. The summed E-state index contributed by atoms with van der Waals surface area (Å²) in [5.74, 6) is 0.0688. The van der Waals surface area contributed by atoms with Crippen molar-refractivity contribution in [2.75, 3.05) is 13.2 Å². The normalized spacial score (nSPS) is 10.2. The van der Waals surface area contributed by atoms with E-state index in [0.29, 0.717) is 16.3 Å². The molecule has 0 aromatic heterocycles. The molecule has 2 aromatic carbocycles. The van der Waals surface area contributed by atoms with Gasteiger partial charge < -0.3 is 9.47 Å². The molecule has 0 aliphatic heterocycles. The molecule has 0 N–H and O–H groups in total. The number of nitrogens with zero attached hydrogens (tertiary/aromatic N) is 1. The number of rotatable bonds is 6. The maximum atomic E-state index is 11.9. The van der Waals surface area contributed by atoms with Crippen molar-refractivity contribution in [3.63, 3.8) is 0 Å². The van der Waals surface area contributed by atoms with Crippen LogP contribution in [0.5, 0.6) is 5.75 Å². The van der Waals surface area contributed by atoms with Gasteiger partial charge in [0.05, 0.1) is 10.5 Å². The van der Waals surface area contributed by atoms with Crippen LogP contribution in [-0.2, 0) is 4.74 Å². The Morgan fingerprint density at radius 3 is 2.48 bits per heavy atom. The summed E-state index contributed by atoms with van der Waals surface area (Å²) in [6.45, 7) is 1.83. The van der Waals surface area contributed by atoms with Crippen LogP contribution in [-0.4, -0.2) is 24.1 Å². The molecule has 7 heteroatoms. The van der Waals surface area contributed by atoms with Crippen LogP contribution in [0, 0.1) is 17.0 Å². The van der Waals surface area contributed by atoms with Gasteiger partial charge in [-0.3, -0.25) is 10.1 Å². The third-order valence-corrected chi connectivity index (χ3v) is 3.28. The number of carbonyl (C=O) groups excluding carboxylic acids is 1. The van der Waals surface area contributed by atoms with Gasteiger partial charge in [-0.05, 0) is 43.3 Å². The van der Waals surface area contributed by atoms with Gasteiger partial charge in [-0.1, -0.05) is 11.6 Å². The topological polar surface area (TPSA) is 78.7 Å². The first-order valence-electron chi connectivity index (χ1n) is 6.78. The number of esters is 1. The van der Waals surface area contributed by atoms with Crippen LogP contribution in [0.15, 0.2) is 42.5 Å². The van der Waals surface area contributed by atoms with E-state index in [1.807, 2.05) is 0 Å². The number of ether oxygens (including phenoxy) is 2. The van der Waals surface area contributed by atoms with Gasteiger partial charge in [0, 0.05) is 16.7 Å². The molecule has 0 aliphatic carbocycles. The van der Waals surface area contributed by atoms with Gasteiger partial charge >= 0.3 is 5.97 Å². The molecule has 0 aliphatic rings. The third kappa shape index (κ3) is 4.69. The molecule has 0 unspecified atom stereocenters. The summed E-state index contributed by atoms with van der Waals surface area (Å²) >= 11 is 5.76. The summed E-state index contributed by atoms with van der Waals surface area (Å²) < 4.78 is 10.5. The molecule has 2 rings (SSSR count). The van der Waals surface area contributed by atoms with Gasteiger partial charge in [0.2, 0.25) is 0 Å². The van der Waals surface area contributed by atoms with E-state index in [1.54, 1.807) is 31.2 Å². The maximum Gasteiger partial charge on any atom is 0.338 e. The van der Waals surface area contributed by atoms with E-state index < -0.39 is 10.9 Å². The zero-order valence-electron chi connectivity index (χ0n) is 12.3. The lowest BCUT2D eigenvalue weighted by Crippen LogP contribution is -2.12. The van der Waals surface area contributed by atoms with Gasteiger partial charge in [-0.15, -0.1) is 0 Å². The molecule has 0 radical (unpaired) electrons. The van der Waals surface area contributed by atoms with E-state index in [2.05, 4.69) is 0 Å². The lowest BCUT2D eigenvalue weighted by Gasteiger charge is -2.08. The first-order valence-corrected chi connectivity index (χ1v) is 7.15. The monoisotopic (exact) mass is 335 g/mol. The first kappa shape index (κ1) is 16.8. The van der Waals surface area contributed by atoms with E-state index >= 15 is 0 Å². The minimum Gasteiger partial charge on any atom is -0.490 e. The summed E-state index contributed by atoms with van der Waals surface area (Å²) in [6.07, 6.45) is 0. The molecule has 0 heterocycles. The maximum absolute atomic E-state index is 11.9. The second-order valence-corrected chi connectivity index (χ2v) is 5.13. The van der Waals surface area contributed by atoms with Crippen molar-refractivity contribution >= 4 is 23.3 Å². The fraction of sp³-hybridized carbons (Fsp3) is 0.188. The number of nitro groups is 1. The molecule has 0 fully saturated rings. The van der Waals surface area contributed by atoms with E-state index in [-0.39, 0.29) is 24.5 Å². The quantitative estimate of drug-likeness (QED) is 0.347. The SMILES string of the molecule is Cc1cc(C(=O)OCCOc2ccc(Cl)cc2)ccc1[N+](=O)[O-]. The van der Waals surface area contributed by atoms with Crippen molar-refractivity contribution in [2.45, 2.75) is 6.92 Å². The Balaban J connectivity index is 1.84. The molecule has 120 valence electrons. The van der Waals surface area contributed by atoms with Crippen molar-refractivity contribution in [2.24, 2.45) is 0 Å². The van der Waals surface area contributed by atoms with Gasteiger partial charge in [0.25, 0.3) is 5.69 Å². The highest BCUT2D eigenvalue weighted by atomic mass is 35.5. The molecule has 6 nitrogen and oxygen atoms in total. The molecule has 0 saturated carbocycles. The fourth-order valence-electron chi connectivity index (χ4n) is 1.90. The number of hydrogen-bond donors (Lipinski definition) is 0. The van der Waals surface area contributed by atoms with Crippen molar-refractivity contribution in [3.05, 3.63) is 68.7 Å². The smallest absolute Gasteiger partial charge is 0.338 e. The second-order valence-electron chi connectivity index (χ2n) is 4.70. The lowest BCUT2D eigenvalue weighted by atomic mass is 10.1. The van der Waals surface area contributed by atoms with Gasteiger partial charge in [-0.2, -0.15) is 0 Å². The standard InChI is InChI=1S/C16H14ClNO5/c1-11-10-12(2-7-15(11)18(20)21)16(19)23-9-8-22-14-5-3-13(17)4-6-14/h2-7,10H,8-9H2,1H3. The predicted octanol–water partition coefficient (Wildman–Crippen LogP) is 3.79. The van der Waals surface area contributed by atoms with E-state index in [1.165, 1.54) is 18.2 Å². The van der Waals surface area contributed by atoms with Crippen molar-refractivity contribution < 1.29 is 19.2 Å². The Bertz CT molecular complexity index is 715. The van der Waals surface area contributed by atoms with E-state index in [4.69, 9.17) is 21.1 Å². The van der Waals surface area contributed by atoms with Crippen molar-refractivity contribution in [1.82, 2.24) is 0 Å². The summed E-state index contributed by atoms with van der Waals surface area (Å²) in [5, 5.41) is 11.3. The lowest BCUT2D eigenvalue weighted by molar-refractivity contribution is -0.385. The highest BCUT2D eigenvalue weighted by Crippen LogP contribution is 2.19. The zero-order valence-corrected chi connectivity index (χ0v) is 13.1. The third-order valence-electron chi connectivity index (χ3n) is 3.03. The number of benzene rings is 2. The predicted molar refractivity (Wildman–Crippen MR) is 85.1 cm³/mol. The summed E-state index contributed by atoms with van der Waals surface area (Å²) in [7, 11) is 0. The minimum absolute atomic E-state index is 0.0346. The number of halogens is 1. The number of carbonyl (C=O) groups is 1. The number of hydrogen-bond acceptors (Lipinski definition) is 5. The van der Waals surface area contributed by atoms with Crippen LogP contribution in [0.3, 0.4) is 0 Å². The molecule has 0 saturated heterocycles. The molecule has 0 bridgehead atoms. The molecule has 0 spiro atoms. The average molecular weight is 336 g/mol. The first-order chi connectivity index (χ1) is 11.0. The Morgan fingerprint density at radius 2 is 1.87 bits per heavy atom. The van der Waals surface area contributed by atoms with Crippen LogP contribution in [0.1, 0.15) is 15.9 Å². The molecule has 0 atom stereocenters. The summed E-state index contributed by atoms with van der Waals surface area (Å²) in [4.78, 5) is 22.1. The Kier molecular flexibility index (Phi) is 5.54. The Labute approximate surface area is 137 Å². The van der Waals surface area contributed by atoms with E-state index in [9.17, 15) is 14.9 Å². The number of nitro benzene ring substituents is 1. The number of aryl methyl sites for hydroxylation is 1. The fourth-order valence-corrected chi connectivity index (χ4v) is 2.02. The van der Waals surface area contributed by atoms with Crippen LogP contribution in [0.25, 0.3) is 0 Å². The summed E-state index contributed by atoms with van der Waals surface area (Å²) in [6, 6.07) is 10.9. The largest absolute Gasteiger partial charge is 0.490 e. The summed E-state index contributed by atoms with van der Waals surface area (Å²) in [5.41, 5.74) is 0.633. The van der Waals surface area contributed by atoms with Crippen molar-refractivity contribution in [1.29, 1.82) is 0 Å². The second kappa shape index (κ2) is 7.60. The average Bonchev–Trinajstić information content (AvgIpc) is 2.52. The highest BCUT2D eigenvalue weighted by molar-refractivity contribution is 6.30. The van der Waals surface area contributed by atoms with Crippen LogP contribution >= 0.6 is 11.6 Å².